The van der Waals surface area contributed by atoms with Gasteiger partial charge in [0.05, 0.1) is 0 Å². The summed E-state index contributed by atoms with van der Waals surface area (Å²) in [5.74, 6) is 0. The SMILES string of the molecule is FC(Cl)C(F)(Cl)Cl. The third-order valence-electron chi connectivity index (χ3n) is 0.247. The van der Waals surface area contributed by atoms with Crippen molar-refractivity contribution in [3.8, 4) is 0 Å². The van der Waals surface area contributed by atoms with E-state index < -0.39 is 10.2 Å². The minimum Gasteiger partial charge on any atom is -0.223 e. The summed E-state index contributed by atoms with van der Waals surface area (Å²) < 4.78 is 19.9. The van der Waals surface area contributed by atoms with Gasteiger partial charge in [-0.2, -0.15) is 0 Å². The first-order valence-corrected chi connectivity index (χ1v) is 2.48. The van der Waals surface area contributed by atoms with Crippen molar-refractivity contribution in [2.75, 3.05) is 0 Å². The summed E-state index contributed by atoms with van der Waals surface area (Å²) in [5.41, 5.74) is -2.36. The lowest BCUT2D eigenvalue weighted by Crippen LogP contribution is -2.14. The largest absolute Gasteiger partial charge is 0.302 e. The molecule has 0 N–H and O–H groups in total. The minimum atomic E-state index is -2.96. The van der Waals surface area contributed by atoms with E-state index in [0.29, 0.717) is 0 Å². The molecule has 0 amide bonds. The molecule has 0 heterocycles. The Morgan fingerprint density at radius 1 is 1.43 bits per heavy atom. The fourth-order valence-electron chi connectivity index (χ4n) is 0. The molecule has 0 saturated carbocycles. The lowest BCUT2D eigenvalue weighted by Gasteiger charge is -2.05. The van der Waals surface area contributed by atoms with Crippen LogP contribution in [-0.2, 0) is 0 Å². The topological polar surface area (TPSA) is 0 Å². The Morgan fingerprint density at radius 2 is 1.57 bits per heavy atom. The summed E-state index contributed by atoms with van der Waals surface area (Å²) in [6, 6.07) is 0. The number of halogens is 5. The van der Waals surface area contributed by atoms with Crippen molar-refractivity contribution in [2.45, 2.75) is 10.2 Å². The van der Waals surface area contributed by atoms with Crippen molar-refractivity contribution in [1.82, 2.24) is 0 Å². The maximum atomic E-state index is 11.5. The first-order chi connectivity index (χ1) is 2.94. The van der Waals surface area contributed by atoms with Gasteiger partial charge in [0.1, 0.15) is 0 Å². The van der Waals surface area contributed by atoms with Crippen LogP contribution in [0.25, 0.3) is 0 Å². The molecule has 0 spiro atoms. The maximum Gasteiger partial charge on any atom is 0.302 e. The third kappa shape index (κ3) is 3.32. The molecule has 0 aliphatic carbocycles. The molecule has 44 valence electrons. The van der Waals surface area contributed by atoms with Gasteiger partial charge in [0.15, 0.2) is 0 Å². The van der Waals surface area contributed by atoms with Crippen LogP contribution in [0.15, 0.2) is 0 Å². The second-order valence-electron chi connectivity index (χ2n) is 0.842. The van der Waals surface area contributed by atoms with Gasteiger partial charge < -0.3 is 0 Å². The summed E-state index contributed by atoms with van der Waals surface area (Å²) in [6.45, 7) is 0. The highest BCUT2D eigenvalue weighted by Gasteiger charge is 2.32. The van der Waals surface area contributed by atoms with Crippen LogP contribution < -0.4 is 0 Å². The highest BCUT2D eigenvalue weighted by atomic mass is 35.5. The van der Waals surface area contributed by atoms with Crippen LogP contribution in [0.4, 0.5) is 8.78 Å². The average Bonchev–Trinajstić information content (AvgIpc) is 1.31. The van der Waals surface area contributed by atoms with Crippen LogP contribution in [-0.4, -0.2) is 10.2 Å². The second kappa shape index (κ2) is 2.33. The quantitative estimate of drug-likeness (QED) is 0.529. The Morgan fingerprint density at radius 3 is 1.57 bits per heavy atom. The van der Waals surface area contributed by atoms with Crippen molar-refractivity contribution in [3.05, 3.63) is 0 Å². The van der Waals surface area contributed by atoms with Crippen molar-refractivity contribution in [3.63, 3.8) is 0 Å². The number of alkyl halides is 5. The smallest absolute Gasteiger partial charge is 0.223 e. The molecule has 0 bridgehead atoms. The molecule has 0 aromatic heterocycles. The zero-order valence-corrected chi connectivity index (χ0v) is 5.23. The number of hydrogen-bond acceptors (Lipinski definition) is 0. The second-order valence-corrected chi connectivity index (χ2v) is 2.52. The minimum absolute atomic E-state index is 2.36. The summed E-state index contributed by atoms with van der Waals surface area (Å²) in [6.07, 6.45) is 0. The van der Waals surface area contributed by atoms with Gasteiger partial charge in [-0.25, -0.2) is 8.78 Å². The summed E-state index contributed by atoms with van der Waals surface area (Å²) in [5, 5.41) is 0. The number of rotatable bonds is 1. The summed E-state index contributed by atoms with van der Waals surface area (Å²) >= 11 is 13.4. The molecule has 0 rings (SSSR count). The van der Waals surface area contributed by atoms with Crippen LogP contribution in [0.5, 0.6) is 0 Å². The molecule has 5 heteroatoms. The molecule has 7 heavy (non-hydrogen) atoms. The first kappa shape index (κ1) is 7.73. The predicted octanol–water partition coefficient (Wildman–Crippen LogP) is 2.62. The van der Waals surface area contributed by atoms with Crippen molar-refractivity contribution in [1.29, 1.82) is 0 Å². The molecule has 0 radical (unpaired) electrons. The van der Waals surface area contributed by atoms with Gasteiger partial charge in [0.25, 0.3) is 0 Å². The van der Waals surface area contributed by atoms with Crippen molar-refractivity contribution < 1.29 is 8.78 Å². The number of hydrogen-bond donors (Lipinski definition) is 0. The molecule has 0 saturated heterocycles. The molecule has 0 aromatic rings. The fourth-order valence-corrected chi connectivity index (χ4v) is 0. The van der Waals surface area contributed by atoms with E-state index in [1.807, 2.05) is 0 Å². The Bertz CT molecular complexity index is 56.4. The van der Waals surface area contributed by atoms with Crippen LogP contribution >= 0.6 is 34.8 Å². The van der Waals surface area contributed by atoms with Gasteiger partial charge in [0, 0.05) is 0 Å². The van der Waals surface area contributed by atoms with Crippen LogP contribution in [0.1, 0.15) is 0 Å². The molecule has 0 fully saturated rings. The van der Waals surface area contributed by atoms with Gasteiger partial charge in [-0.1, -0.05) is 34.8 Å². The van der Waals surface area contributed by atoms with E-state index in [2.05, 4.69) is 34.8 Å². The summed E-state index contributed by atoms with van der Waals surface area (Å²) in [7, 11) is 0. The molecule has 0 aromatic carbocycles. The van der Waals surface area contributed by atoms with E-state index in [9.17, 15) is 8.78 Å². The monoisotopic (exact) mass is 168 g/mol. The van der Waals surface area contributed by atoms with E-state index >= 15 is 0 Å². The Labute approximate surface area is 54.3 Å². The molecular weight excluding hydrogens is 168 g/mol. The van der Waals surface area contributed by atoms with Gasteiger partial charge >= 0.3 is 4.59 Å². The molecule has 0 aliphatic heterocycles. The normalized spacial score (nSPS) is 16.7. The highest BCUT2D eigenvalue weighted by Crippen LogP contribution is 2.31. The Balaban J connectivity index is 3.54. The Hall–Kier alpha value is 0.730. The standard InChI is InChI=1S/C2HCl3F2/c3-1(6)2(4,5)7/h1H. The van der Waals surface area contributed by atoms with Gasteiger partial charge in [-0.15, -0.1) is 0 Å². The maximum absolute atomic E-state index is 11.5. The highest BCUT2D eigenvalue weighted by molar-refractivity contribution is 6.50. The van der Waals surface area contributed by atoms with E-state index in [-0.39, 0.29) is 0 Å². The lowest BCUT2D eigenvalue weighted by atomic mass is 10.8. The molecule has 1 atom stereocenters. The van der Waals surface area contributed by atoms with Gasteiger partial charge in [-0.05, 0) is 0 Å². The van der Waals surface area contributed by atoms with E-state index in [0.717, 1.165) is 0 Å². The van der Waals surface area contributed by atoms with Crippen LogP contribution in [0.2, 0.25) is 0 Å². The van der Waals surface area contributed by atoms with Crippen molar-refractivity contribution in [2.24, 2.45) is 0 Å². The van der Waals surface area contributed by atoms with E-state index in [1.54, 1.807) is 0 Å². The van der Waals surface area contributed by atoms with Crippen molar-refractivity contribution >= 4 is 34.8 Å². The Kier molecular flexibility index (Phi) is 2.58. The van der Waals surface area contributed by atoms with E-state index in [1.165, 1.54) is 0 Å². The van der Waals surface area contributed by atoms with E-state index in [4.69, 9.17) is 0 Å². The zero-order chi connectivity index (χ0) is 6.08. The van der Waals surface area contributed by atoms with Gasteiger partial charge in [-0.3, -0.25) is 0 Å². The molecule has 0 aliphatic rings. The molecule has 0 nitrogen and oxygen atoms in total. The third-order valence-corrected chi connectivity index (χ3v) is 1.15. The summed E-state index contributed by atoms with van der Waals surface area (Å²) in [4.78, 5) is 0. The molecular formula is C2HCl3F2. The van der Waals surface area contributed by atoms with Crippen LogP contribution in [0, 0.1) is 0 Å². The zero-order valence-electron chi connectivity index (χ0n) is 2.97. The lowest BCUT2D eigenvalue weighted by molar-refractivity contribution is 0.269. The molecule has 1 unspecified atom stereocenters. The van der Waals surface area contributed by atoms with Gasteiger partial charge in [0.2, 0.25) is 5.63 Å². The average molecular weight is 169 g/mol. The van der Waals surface area contributed by atoms with Crippen LogP contribution in [0.3, 0.4) is 0 Å². The fraction of sp³-hybridized carbons (Fsp3) is 1.00. The predicted molar refractivity (Wildman–Crippen MR) is 26.3 cm³/mol. The first-order valence-electron chi connectivity index (χ1n) is 1.29.